The topological polar surface area (TPSA) is 86.9 Å². The molecule has 5 heteroatoms. The van der Waals surface area contributed by atoms with E-state index >= 15 is 0 Å². The van der Waals surface area contributed by atoms with E-state index in [1.807, 2.05) is 25.1 Å². The molecule has 0 fully saturated rings. The van der Waals surface area contributed by atoms with Gasteiger partial charge < -0.3 is 11.5 Å². The van der Waals surface area contributed by atoms with Crippen LogP contribution in [0.3, 0.4) is 0 Å². The first kappa shape index (κ1) is 10.5. The minimum atomic E-state index is -0.327. The molecular weight excluding hydrogens is 204 g/mol. The number of benzene rings is 1. The lowest BCUT2D eigenvalue weighted by Gasteiger charge is -2.11. The van der Waals surface area contributed by atoms with Crippen LogP contribution in [0.25, 0.3) is 10.9 Å². The standard InChI is InChI=1S/C11H14N4O/c1-7(4-11(13)16)15-10-3-2-9(12)5-8(10)6-14-15/h2-3,5-7H,4,12H2,1H3,(H2,13,16). The fourth-order valence-electron chi connectivity index (χ4n) is 1.80. The molecule has 1 aromatic heterocycles. The summed E-state index contributed by atoms with van der Waals surface area (Å²) in [6, 6.07) is 5.53. The van der Waals surface area contributed by atoms with E-state index < -0.39 is 0 Å². The molecule has 4 N–H and O–H groups in total. The largest absolute Gasteiger partial charge is 0.399 e. The summed E-state index contributed by atoms with van der Waals surface area (Å²) in [5.41, 5.74) is 12.5. The highest BCUT2D eigenvalue weighted by molar-refractivity contribution is 5.82. The van der Waals surface area contributed by atoms with Crippen molar-refractivity contribution in [2.24, 2.45) is 5.73 Å². The summed E-state index contributed by atoms with van der Waals surface area (Å²) in [5, 5.41) is 5.21. The molecule has 0 aliphatic rings. The van der Waals surface area contributed by atoms with Crippen LogP contribution in [0.1, 0.15) is 19.4 Å². The number of hydrogen-bond acceptors (Lipinski definition) is 3. The lowest BCUT2D eigenvalue weighted by atomic mass is 10.2. The number of nitrogen functional groups attached to an aromatic ring is 1. The Morgan fingerprint density at radius 3 is 3.00 bits per heavy atom. The first-order valence-corrected chi connectivity index (χ1v) is 5.09. The molecule has 0 aliphatic heterocycles. The molecule has 0 aliphatic carbocycles. The summed E-state index contributed by atoms with van der Waals surface area (Å²) >= 11 is 0. The third-order valence-corrected chi connectivity index (χ3v) is 2.53. The number of nitrogens with zero attached hydrogens (tertiary/aromatic N) is 2. The molecule has 0 saturated carbocycles. The summed E-state index contributed by atoms with van der Waals surface area (Å²) in [7, 11) is 0. The predicted molar refractivity (Wildman–Crippen MR) is 62.7 cm³/mol. The van der Waals surface area contributed by atoms with Gasteiger partial charge in [0.25, 0.3) is 0 Å². The number of rotatable bonds is 3. The van der Waals surface area contributed by atoms with E-state index in [2.05, 4.69) is 5.10 Å². The molecule has 1 amide bonds. The maximum atomic E-state index is 10.9. The minimum Gasteiger partial charge on any atom is -0.399 e. The van der Waals surface area contributed by atoms with Gasteiger partial charge in [0.1, 0.15) is 0 Å². The number of amides is 1. The second-order valence-corrected chi connectivity index (χ2v) is 3.93. The maximum Gasteiger partial charge on any atom is 0.219 e. The lowest BCUT2D eigenvalue weighted by Crippen LogP contribution is -2.18. The lowest BCUT2D eigenvalue weighted by molar-refractivity contribution is -0.118. The van der Waals surface area contributed by atoms with E-state index in [9.17, 15) is 4.79 Å². The van der Waals surface area contributed by atoms with Crippen molar-refractivity contribution >= 4 is 22.5 Å². The molecule has 1 atom stereocenters. The summed E-state index contributed by atoms with van der Waals surface area (Å²) in [6.07, 6.45) is 2.02. The monoisotopic (exact) mass is 218 g/mol. The second kappa shape index (κ2) is 3.84. The SMILES string of the molecule is CC(CC(N)=O)n1ncc2cc(N)ccc21. The van der Waals surface area contributed by atoms with Gasteiger partial charge in [-0.2, -0.15) is 5.10 Å². The van der Waals surface area contributed by atoms with E-state index in [-0.39, 0.29) is 18.4 Å². The van der Waals surface area contributed by atoms with Crippen LogP contribution in [0.2, 0.25) is 0 Å². The van der Waals surface area contributed by atoms with Crippen molar-refractivity contribution in [2.75, 3.05) is 5.73 Å². The predicted octanol–water partition coefficient (Wildman–Crippen LogP) is 1.05. The Hall–Kier alpha value is -2.04. The third kappa shape index (κ3) is 1.84. The van der Waals surface area contributed by atoms with Crippen LogP contribution in [0.4, 0.5) is 5.69 Å². The number of carbonyl (C=O) groups is 1. The van der Waals surface area contributed by atoms with Crippen LogP contribution in [0.5, 0.6) is 0 Å². The van der Waals surface area contributed by atoms with Crippen molar-refractivity contribution in [3.05, 3.63) is 24.4 Å². The van der Waals surface area contributed by atoms with Crippen molar-refractivity contribution in [3.63, 3.8) is 0 Å². The summed E-state index contributed by atoms with van der Waals surface area (Å²) in [5.74, 6) is -0.327. The highest BCUT2D eigenvalue weighted by atomic mass is 16.1. The zero-order valence-electron chi connectivity index (χ0n) is 9.05. The summed E-state index contributed by atoms with van der Waals surface area (Å²) < 4.78 is 1.79. The fraction of sp³-hybridized carbons (Fsp3) is 0.273. The fourth-order valence-corrected chi connectivity index (χ4v) is 1.80. The molecule has 5 nitrogen and oxygen atoms in total. The van der Waals surface area contributed by atoms with Gasteiger partial charge in [0.2, 0.25) is 5.91 Å². The van der Waals surface area contributed by atoms with Crippen molar-refractivity contribution < 1.29 is 4.79 Å². The summed E-state index contributed by atoms with van der Waals surface area (Å²) in [4.78, 5) is 10.9. The number of nitrogens with two attached hydrogens (primary N) is 2. The number of aromatic nitrogens is 2. The number of carbonyl (C=O) groups excluding carboxylic acids is 1. The molecule has 0 bridgehead atoms. The molecule has 1 heterocycles. The van der Waals surface area contributed by atoms with E-state index in [0.29, 0.717) is 5.69 Å². The molecule has 84 valence electrons. The van der Waals surface area contributed by atoms with E-state index in [1.165, 1.54) is 0 Å². The first-order valence-electron chi connectivity index (χ1n) is 5.09. The number of hydrogen-bond donors (Lipinski definition) is 2. The van der Waals surface area contributed by atoms with E-state index in [1.54, 1.807) is 10.9 Å². The summed E-state index contributed by atoms with van der Waals surface area (Å²) in [6.45, 7) is 1.91. The van der Waals surface area contributed by atoms with Gasteiger partial charge >= 0.3 is 0 Å². The molecule has 16 heavy (non-hydrogen) atoms. The van der Waals surface area contributed by atoms with Gasteiger partial charge in [-0.25, -0.2) is 0 Å². The maximum absolute atomic E-state index is 10.9. The van der Waals surface area contributed by atoms with Gasteiger partial charge in [0.15, 0.2) is 0 Å². The number of fused-ring (bicyclic) bond motifs is 1. The van der Waals surface area contributed by atoms with Gasteiger partial charge in [-0.05, 0) is 25.1 Å². The molecule has 0 spiro atoms. The Morgan fingerprint density at radius 2 is 2.31 bits per heavy atom. The van der Waals surface area contributed by atoms with Gasteiger partial charge in [-0.3, -0.25) is 9.48 Å². The van der Waals surface area contributed by atoms with Crippen molar-refractivity contribution in [2.45, 2.75) is 19.4 Å². The van der Waals surface area contributed by atoms with Crippen molar-refractivity contribution in [3.8, 4) is 0 Å². The van der Waals surface area contributed by atoms with Crippen LogP contribution in [-0.4, -0.2) is 15.7 Å². The third-order valence-electron chi connectivity index (χ3n) is 2.53. The minimum absolute atomic E-state index is 0.0429. The molecule has 1 aromatic carbocycles. The average Bonchev–Trinajstić information content (AvgIpc) is 2.59. The van der Waals surface area contributed by atoms with Crippen molar-refractivity contribution in [1.82, 2.24) is 9.78 Å². The Balaban J connectivity index is 2.41. The normalized spacial score (nSPS) is 12.8. The zero-order chi connectivity index (χ0) is 11.7. The molecule has 1 unspecified atom stereocenters. The van der Waals surface area contributed by atoms with Crippen LogP contribution in [0, 0.1) is 0 Å². The zero-order valence-corrected chi connectivity index (χ0v) is 9.05. The first-order chi connectivity index (χ1) is 7.58. The average molecular weight is 218 g/mol. The molecule has 0 radical (unpaired) electrons. The Morgan fingerprint density at radius 1 is 1.56 bits per heavy atom. The van der Waals surface area contributed by atoms with Gasteiger partial charge in [-0.1, -0.05) is 0 Å². The van der Waals surface area contributed by atoms with Crippen LogP contribution in [0.15, 0.2) is 24.4 Å². The second-order valence-electron chi connectivity index (χ2n) is 3.93. The quantitative estimate of drug-likeness (QED) is 0.755. The molecule has 2 rings (SSSR count). The van der Waals surface area contributed by atoms with Crippen molar-refractivity contribution in [1.29, 1.82) is 0 Å². The number of anilines is 1. The van der Waals surface area contributed by atoms with Gasteiger partial charge in [-0.15, -0.1) is 0 Å². The van der Waals surface area contributed by atoms with Crippen LogP contribution >= 0.6 is 0 Å². The smallest absolute Gasteiger partial charge is 0.219 e. The molecule has 0 saturated heterocycles. The van der Waals surface area contributed by atoms with Gasteiger partial charge in [0, 0.05) is 17.5 Å². The van der Waals surface area contributed by atoms with E-state index in [4.69, 9.17) is 11.5 Å². The highest BCUT2D eigenvalue weighted by Gasteiger charge is 2.12. The highest BCUT2D eigenvalue weighted by Crippen LogP contribution is 2.21. The molecule has 2 aromatic rings. The molecular formula is C11H14N4O. The van der Waals surface area contributed by atoms with Gasteiger partial charge in [0.05, 0.1) is 17.8 Å². The number of primary amides is 1. The Bertz CT molecular complexity index is 532. The van der Waals surface area contributed by atoms with Crippen LogP contribution in [-0.2, 0) is 4.79 Å². The Kier molecular flexibility index (Phi) is 2.52. The van der Waals surface area contributed by atoms with E-state index in [0.717, 1.165) is 10.9 Å². The Labute approximate surface area is 93.0 Å². The van der Waals surface area contributed by atoms with Crippen LogP contribution < -0.4 is 11.5 Å².